The molecule has 1 atom stereocenters. The predicted molar refractivity (Wildman–Crippen MR) is 58.1 cm³/mol. The molecule has 7 nitrogen and oxygen atoms in total. The van der Waals surface area contributed by atoms with Crippen molar-refractivity contribution in [2.75, 3.05) is 13.1 Å². The Morgan fingerprint density at radius 3 is 2.69 bits per heavy atom. The normalized spacial score (nSPS) is 22.8. The highest BCUT2D eigenvalue weighted by Gasteiger charge is 2.35. The quantitative estimate of drug-likeness (QED) is 0.783. The van der Waals surface area contributed by atoms with Crippen LogP contribution in [0.25, 0.3) is 0 Å². The standard InChI is InChI=1S/C7H11BrN4O3S/c1-11-7(6(8)9-10-11)16(14,15)12-3-2-5(13)4-12/h5,13H,2-4H2,1H3/t5-/m1/s1. The maximum Gasteiger partial charge on any atom is 0.263 e. The number of sulfonamides is 1. The minimum atomic E-state index is -3.63. The number of aryl methyl sites for hydroxylation is 1. The molecule has 2 heterocycles. The number of aliphatic hydroxyl groups is 1. The Hall–Kier alpha value is -0.510. The lowest BCUT2D eigenvalue weighted by molar-refractivity contribution is 0.189. The molecule has 0 unspecified atom stereocenters. The lowest BCUT2D eigenvalue weighted by atomic mass is 10.3. The van der Waals surface area contributed by atoms with E-state index >= 15 is 0 Å². The molecule has 16 heavy (non-hydrogen) atoms. The van der Waals surface area contributed by atoms with Crippen molar-refractivity contribution in [2.45, 2.75) is 17.6 Å². The predicted octanol–water partition coefficient (Wildman–Crippen LogP) is -0.667. The van der Waals surface area contributed by atoms with E-state index in [1.807, 2.05) is 0 Å². The van der Waals surface area contributed by atoms with Crippen LogP contribution in [-0.2, 0) is 17.1 Å². The number of rotatable bonds is 2. The fourth-order valence-corrected chi connectivity index (χ4v) is 4.17. The van der Waals surface area contributed by atoms with Crippen LogP contribution in [0.5, 0.6) is 0 Å². The summed E-state index contributed by atoms with van der Waals surface area (Å²) in [7, 11) is -2.11. The van der Waals surface area contributed by atoms with E-state index in [-0.39, 0.29) is 16.2 Å². The van der Waals surface area contributed by atoms with Crippen molar-refractivity contribution in [3.8, 4) is 0 Å². The van der Waals surface area contributed by atoms with Crippen LogP contribution in [0.4, 0.5) is 0 Å². The van der Waals surface area contributed by atoms with Gasteiger partial charge in [-0.2, -0.15) is 4.31 Å². The Morgan fingerprint density at radius 1 is 1.56 bits per heavy atom. The zero-order valence-electron chi connectivity index (χ0n) is 8.54. The third-order valence-electron chi connectivity index (χ3n) is 2.45. The summed E-state index contributed by atoms with van der Waals surface area (Å²) in [6.07, 6.45) is -0.128. The largest absolute Gasteiger partial charge is 0.392 e. The van der Waals surface area contributed by atoms with Crippen molar-refractivity contribution >= 4 is 26.0 Å². The third-order valence-corrected chi connectivity index (χ3v) is 5.20. The monoisotopic (exact) mass is 310 g/mol. The summed E-state index contributed by atoms with van der Waals surface area (Å²) in [6.45, 7) is 0.446. The Balaban J connectivity index is 2.40. The Kier molecular flexibility index (Phi) is 3.03. The van der Waals surface area contributed by atoms with Gasteiger partial charge < -0.3 is 5.11 Å². The smallest absolute Gasteiger partial charge is 0.263 e. The first-order chi connectivity index (χ1) is 7.43. The Bertz CT molecular complexity index is 480. The molecule has 1 aromatic heterocycles. The number of hydrogen-bond acceptors (Lipinski definition) is 5. The van der Waals surface area contributed by atoms with Gasteiger partial charge in [-0.25, -0.2) is 13.1 Å². The molecule has 1 fully saturated rings. The average Bonchev–Trinajstić information content (AvgIpc) is 2.74. The maximum absolute atomic E-state index is 12.2. The summed E-state index contributed by atoms with van der Waals surface area (Å²) in [6, 6.07) is 0. The molecule has 0 amide bonds. The van der Waals surface area contributed by atoms with Crippen molar-refractivity contribution in [1.29, 1.82) is 0 Å². The first-order valence-corrected chi connectivity index (χ1v) is 6.89. The topological polar surface area (TPSA) is 88.3 Å². The van der Waals surface area contributed by atoms with Crippen molar-refractivity contribution in [3.05, 3.63) is 4.60 Å². The van der Waals surface area contributed by atoms with Gasteiger partial charge in [0, 0.05) is 20.1 Å². The second-order valence-corrected chi connectivity index (χ2v) is 6.22. The van der Waals surface area contributed by atoms with E-state index < -0.39 is 16.1 Å². The SMILES string of the molecule is Cn1nnc(Br)c1S(=O)(=O)N1CC[C@@H](O)C1. The highest BCUT2D eigenvalue weighted by molar-refractivity contribution is 9.10. The highest BCUT2D eigenvalue weighted by atomic mass is 79.9. The summed E-state index contributed by atoms with van der Waals surface area (Å²) in [5, 5.41) is 16.6. The van der Waals surface area contributed by atoms with Gasteiger partial charge in [-0.05, 0) is 22.4 Å². The van der Waals surface area contributed by atoms with Crippen LogP contribution in [0.15, 0.2) is 9.63 Å². The second-order valence-electron chi connectivity index (χ2n) is 3.61. The molecule has 0 spiro atoms. The van der Waals surface area contributed by atoms with Crippen molar-refractivity contribution in [3.63, 3.8) is 0 Å². The summed E-state index contributed by atoms with van der Waals surface area (Å²) < 4.78 is 27.0. The van der Waals surface area contributed by atoms with Gasteiger partial charge in [-0.3, -0.25) is 0 Å². The summed E-state index contributed by atoms with van der Waals surface area (Å²) in [4.78, 5) is 0. The molecule has 0 radical (unpaired) electrons. The fraction of sp³-hybridized carbons (Fsp3) is 0.714. The number of aromatic nitrogens is 3. The van der Waals surface area contributed by atoms with Crippen LogP contribution in [0, 0.1) is 0 Å². The molecule has 1 N–H and O–H groups in total. The van der Waals surface area contributed by atoms with Gasteiger partial charge in [0.05, 0.1) is 6.10 Å². The number of nitrogens with zero attached hydrogens (tertiary/aromatic N) is 4. The van der Waals surface area contributed by atoms with Crippen LogP contribution in [0.2, 0.25) is 0 Å². The molecular formula is C7H11BrN4O3S. The number of aliphatic hydroxyl groups excluding tert-OH is 1. The van der Waals surface area contributed by atoms with Crippen molar-refractivity contribution in [2.24, 2.45) is 7.05 Å². The molecule has 1 aliphatic heterocycles. The number of β-amino-alcohol motifs (C(OH)–C–C–N with tert-alkyl or cyclic N) is 1. The van der Waals surface area contributed by atoms with Gasteiger partial charge in [-0.15, -0.1) is 5.10 Å². The van der Waals surface area contributed by atoms with Crippen LogP contribution < -0.4 is 0 Å². The Morgan fingerprint density at radius 2 is 2.25 bits per heavy atom. The van der Waals surface area contributed by atoms with Gasteiger partial charge in [0.2, 0.25) is 5.03 Å². The van der Waals surface area contributed by atoms with Gasteiger partial charge in [0.25, 0.3) is 10.0 Å². The summed E-state index contributed by atoms with van der Waals surface area (Å²) in [5.74, 6) is 0. The third kappa shape index (κ3) is 1.88. The lowest BCUT2D eigenvalue weighted by Gasteiger charge is -2.15. The van der Waals surface area contributed by atoms with E-state index in [1.165, 1.54) is 16.0 Å². The number of halogens is 1. The van der Waals surface area contributed by atoms with Crippen molar-refractivity contribution < 1.29 is 13.5 Å². The van der Waals surface area contributed by atoms with Crippen LogP contribution in [0.1, 0.15) is 6.42 Å². The molecule has 1 saturated heterocycles. The highest BCUT2D eigenvalue weighted by Crippen LogP contribution is 2.25. The fourth-order valence-electron chi connectivity index (χ4n) is 1.65. The van der Waals surface area contributed by atoms with Gasteiger partial charge in [-0.1, -0.05) is 5.21 Å². The van der Waals surface area contributed by atoms with Crippen LogP contribution in [0.3, 0.4) is 0 Å². The zero-order chi connectivity index (χ0) is 11.9. The van der Waals surface area contributed by atoms with E-state index in [4.69, 9.17) is 0 Å². The molecule has 1 aliphatic rings. The van der Waals surface area contributed by atoms with E-state index in [0.717, 1.165) is 0 Å². The maximum atomic E-state index is 12.2. The molecule has 0 aliphatic carbocycles. The zero-order valence-corrected chi connectivity index (χ0v) is 10.9. The Labute approximate surface area is 101 Å². The summed E-state index contributed by atoms with van der Waals surface area (Å²) >= 11 is 3.05. The molecule has 0 bridgehead atoms. The molecule has 0 saturated carbocycles. The second kappa shape index (κ2) is 4.06. The molecule has 9 heteroatoms. The minimum absolute atomic E-state index is 0.0154. The van der Waals surface area contributed by atoms with Crippen LogP contribution >= 0.6 is 15.9 Å². The van der Waals surface area contributed by atoms with Crippen LogP contribution in [-0.4, -0.2) is 52.0 Å². The molecule has 1 aromatic rings. The van der Waals surface area contributed by atoms with E-state index in [9.17, 15) is 13.5 Å². The number of hydrogen-bond donors (Lipinski definition) is 1. The minimum Gasteiger partial charge on any atom is -0.392 e. The van der Waals surface area contributed by atoms with Gasteiger partial charge in [0.15, 0.2) is 4.60 Å². The molecular weight excluding hydrogens is 300 g/mol. The lowest BCUT2D eigenvalue weighted by Crippen LogP contribution is -2.31. The molecule has 0 aromatic carbocycles. The van der Waals surface area contributed by atoms with Gasteiger partial charge in [0.1, 0.15) is 0 Å². The summed E-state index contributed by atoms with van der Waals surface area (Å²) in [5.41, 5.74) is 0. The van der Waals surface area contributed by atoms with E-state index in [2.05, 4.69) is 26.2 Å². The van der Waals surface area contributed by atoms with E-state index in [0.29, 0.717) is 13.0 Å². The van der Waals surface area contributed by atoms with E-state index in [1.54, 1.807) is 0 Å². The first-order valence-electron chi connectivity index (χ1n) is 4.66. The molecule has 2 rings (SSSR count). The van der Waals surface area contributed by atoms with Gasteiger partial charge >= 0.3 is 0 Å². The van der Waals surface area contributed by atoms with Crippen molar-refractivity contribution in [1.82, 2.24) is 19.3 Å². The average molecular weight is 311 g/mol. The molecule has 90 valence electrons. The first kappa shape index (κ1) is 12.0.